The third-order valence-corrected chi connectivity index (χ3v) is 3.54. The molecule has 1 aliphatic rings. The molecule has 0 unspecified atom stereocenters. The summed E-state index contributed by atoms with van der Waals surface area (Å²) in [5.41, 5.74) is 7.25. The van der Waals surface area contributed by atoms with E-state index in [0.717, 1.165) is 10.9 Å². The van der Waals surface area contributed by atoms with Crippen LogP contribution in [0.3, 0.4) is 0 Å². The van der Waals surface area contributed by atoms with Gasteiger partial charge in [0.2, 0.25) is 0 Å². The zero-order valence-electron chi connectivity index (χ0n) is 8.75. The van der Waals surface area contributed by atoms with Gasteiger partial charge in [-0.1, -0.05) is 28.8 Å². The number of hydrogen-bond donors (Lipinski definition) is 2. The molecule has 0 spiro atoms. The van der Waals surface area contributed by atoms with Crippen LogP contribution >= 0.6 is 15.9 Å². The molecule has 0 aromatic heterocycles. The van der Waals surface area contributed by atoms with Crippen LogP contribution in [-0.4, -0.2) is 12.1 Å². The largest absolute Gasteiger partial charge is 0.381 e. The van der Waals surface area contributed by atoms with E-state index in [-0.39, 0.29) is 0 Å². The fraction of sp³-hybridized carbons (Fsp3) is 0.500. The predicted octanol–water partition coefficient (Wildman–Crippen LogP) is 3.13. The van der Waals surface area contributed by atoms with E-state index in [1.165, 1.54) is 24.9 Å². The third kappa shape index (κ3) is 2.95. The van der Waals surface area contributed by atoms with Crippen LogP contribution in [0, 0.1) is 0 Å². The number of hydrogen-bond acceptors (Lipinski definition) is 2. The van der Waals surface area contributed by atoms with Gasteiger partial charge in [-0.25, -0.2) is 0 Å². The summed E-state index contributed by atoms with van der Waals surface area (Å²) >= 11 is 3.43. The lowest BCUT2D eigenvalue weighted by molar-refractivity contribution is 0.404. The molecule has 3 N–H and O–H groups in total. The van der Waals surface area contributed by atoms with Gasteiger partial charge in [-0.05, 0) is 37.1 Å². The van der Waals surface area contributed by atoms with E-state index in [2.05, 4.69) is 45.5 Å². The van der Waals surface area contributed by atoms with Crippen molar-refractivity contribution < 1.29 is 0 Å². The van der Waals surface area contributed by atoms with Crippen LogP contribution in [0.15, 0.2) is 28.7 Å². The van der Waals surface area contributed by atoms with Crippen LogP contribution in [0.4, 0.5) is 5.69 Å². The number of benzene rings is 1. The first-order chi connectivity index (χ1) is 7.25. The van der Waals surface area contributed by atoms with Gasteiger partial charge in [0.1, 0.15) is 0 Å². The molecule has 1 aromatic carbocycles. The highest BCUT2D eigenvalue weighted by atomic mass is 79.9. The molecule has 0 heterocycles. The highest BCUT2D eigenvalue weighted by molar-refractivity contribution is 9.10. The van der Waals surface area contributed by atoms with Gasteiger partial charge in [0.25, 0.3) is 0 Å². The van der Waals surface area contributed by atoms with Gasteiger partial charge in [0.15, 0.2) is 0 Å². The normalized spacial score (nSPS) is 26.3. The summed E-state index contributed by atoms with van der Waals surface area (Å²) in [5, 5.41) is 3.51. The second kappa shape index (κ2) is 4.99. The molecule has 0 bridgehead atoms. The molecule has 2 rings (SSSR count). The summed E-state index contributed by atoms with van der Waals surface area (Å²) in [5.74, 6) is 0. The molecule has 2 atom stereocenters. The first-order valence-electron chi connectivity index (χ1n) is 5.53. The third-order valence-electron chi connectivity index (χ3n) is 3.02. The van der Waals surface area contributed by atoms with Crippen LogP contribution < -0.4 is 11.1 Å². The van der Waals surface area contributed by atoms with Gasteiger partial charge in [-0.2, -0.15) is 0 Å². The quantitative estimate of drug-likeness (QED) is 0.865. The molecule has 1 aliphatic carbocycles. The van der Waals surface area contributed by atoms with Crippen molar-refractivity contribution in [3.63, 3.8) is 0 Å². The molecule has 0 amide bonds. The standard InChI is InChI=1S/C12H17BrN2/c13-9-5-7-10(8-6-9)15-12-4-2-1-3-11(12)14/h5-8,11-12,15H,1-4,14H2/t11-,12-/m1/s1. The topological polar surface area (TPSA) is 38.0 Å². The molecule has 0 saturated heterocycles. The van der Waals surface area contributed by atoms with Crippen LogP contribution in [0.2, 0.25) is 0 Å². The van der Waals surface area contributed by atoms with Crippen LogP contribution in [-0.2, 0) is 0 Å². The molecule has 1 aromatic rings. The molecule has 3 heteroatoms. The maximum Gasteiger partial charge on any atom is 0.0412 e. The van der Waals surface area contributed by atoms with Crippen LogP contribution in [0.5, 0.6) is 0 Å². The maximum absolute atomic E-state index is 6.08. The minimum Gasteiger partial charge on any atom is -0.381 e. The molecule has 0 radical (unpaired) electrons. The number of nitrogens with two attached hydrogens (primary N) is 1. The summed E-state index contributed by atoms with van der Waals surface area (Å²) < 4.78 is 1.11. The van der Waals surface area contributed by atoms with E-state index < -0.39 is 0 Å². The fourth-order valence-corrected chi connectivity index (χ4v) is 2.36. The van der Waals surface area contributed by atoms with E-state index in [1.54, 1.807) is 0 Å². The van der Waals surface area contributed by atoms with Crippen molar-refractivity contribution >= 4 is 21.6 Å². The van der Waals surface area contributed by atoms with E-state index >= 15 is 0 Å². The lowest BCUT2D eigenvalue weighted by Crippen LogP contribution is -2.42. The molecule has 1 saturated carbocycles. The first kappa shape index (κ1) is 11.0. The molecular formula is C12H17BrN2. The summed E-state index contributed by atoms with van der Waals surface area (Å²) in [6.07, 6.45) is 4.91. The second-order valence-corrected chi connectivity index (χ2v) is 5.12. The fourth-order valence-electron chi connectivity index (χ4n) is 2.10. The van der Waals surface area contributed by atoms with Gasteiger partial charge in [0.05, 0.1) is 0 Å². The van der Waals surface area contributed by atoms with Crippen LogP contribution in [0.1, 0.15) is 25.7 Å². The van der Waals surface area contributed by atoms with Crippen LogP contribution in [0.25, 0.3) is 0 Å². The smallest absolute Gasteiger partial charge is 0.0412 e. The summed E-state index contributed by atoms with van der Waals surface area (Å²) in [4.78, 5) is 0. The van der Waals surface area contributed by atoms with E-state index in [4.69, 9.17) is 5.73 Å². The van der Waals surface area contributed by atoms with Gasteiger partial charge in [-0.15, -0.1) is 0 Å². The Hall–Kier alpha value is -0.540. The zero-order chi connectivity index (χ0) is 10.7. The molecule has 2 nitrogen and oxygen atoms in total. The van der Waals surface area contributed by atoms with E-state index in [9.17, 15) is 0 Å². The van der Waals surface area contributed by atoms with Crippen molar-refractivity contribution in [3.05, 3.63) is 28.7 Å². The minimum atomic E-state index is 0.308. The Labute approximate surface area is 99.4 Å². The van der Waals surface area contributed by atoms with E-state index in [0.29, 0.717) is 12.1 Å². The van der Waals surface area contributed by atoms with Gasteiger partial charge < -0.3 is 11.1 Å². The Balaban J connectivity index is 1.98. The van der Waals surface area contributed by atoms with Crippen molar-refractivity contribution in [2.45, 2.75) is 37.8 Å². The first-order valence-corrected chi connectivity index (χ1v) is 6.33. The van der Waals surface area contributed by atoms with Crippen molar-refractivity contribution in [2.75, 3.05) is 5.32 Å². The van der Waals surface area contributed by atoms with Gasteiger partial charge in [0, 0.05) is 22.2 Å². The summed E-state index contributed by atoms with van der Waals surface area (Å²) in [7, 11) is 0. The number of nitrogens with one attached hydrogen (secondary N) is 1. The van der Waals surface area contributed by atoms with Crippen molar-refractivity contribution in [2.24, 2.45) is 5.73 Å². The monoisotopic (exact) mass is 268 g/mol. The Morgan fingerprint density at radius 1 is 1.13 bits per heavy atom. The number of halogens is 1. The Kier molecular flexibility index (Phi) is 3.65. The van der Waals surface area contributed by atoms with Gasteiger partial charge >= 0.3 is 0 Å². The summed E-state index contributed by atoms with van der Waals surface area (Å²) in [6.45, 7) is 0. The average Bonchev–Trinajstić information content (AvgIpc) is 2.25. The Bertz CT molecular complexity index is 310. The zero-order valence-corrected chi connectivity index (χ0v) is 10.3. The lowest BCUT2D eigenvalue weighted by Gasteiger charge is -2.30. The molecule has 0 aliphatic heterocycles. The second-order valence-electron chi connectivity index (χ2n) is 4.21. The Morgan fingerprint density at radius 3 is 2.47 bits per heavy atom. The summed E-state index contributed by atoms with van der Waals surface area (Å²) in [6, 6.07) is 9.03. The lowest BCUT2D eigenvalue weighted by atomic mass is 9.91. The SMILES string of the molecule is N[C@@H]1CCCC[C@H]1Nc1ccc(Br)cc1. The van der Waals surface area contributed by atoms with Crippen molar-refractivity contribution in [3.8, 4) is 0 Å². The number of rotatable bonds is 2. The number of anilines is 1. The average molecular weight is 269 g/mol. The highest BCUT2D eigenvalue weighted by Gasteiger charge is 2.21. The minimum absolute atomic E-state index is 0.308. The molecule has 82 valence electrons. The molecule has 1 fully saturated rings. The maximum atomic E-state index is 6.08. The highest BCUT2D eigenvalue weighted by Crippen LogP contribution is 2.22. The van der Waals surface area contributed by atoms with Gasteiger partial charge in [-0.3, -0.25) is 0 Å². The van der Waals surface area contributed by atoms with Crippen molar-refractivity contribution in [1.29, 1.82) is 0 Å². The molecule has 15 heavy (non-hydrogen) atoms. The molecular weight excluding hydrogens is 252 g/mol. The van der Waals surface area contributed by atoms with Crippen molar-refractivity contribution in [1.82, 2.24) is 0 Å². The van der Waals surface area contributed by atoms with E-state index in [1.807, 2.05) is 0 Å². The predicted molar refractivity (Wildman–Crippen MR) is 68.0 cm³/mol. The Morgan fingerprint density at radius 2 is 1.80 bits per heavy atom.